The molecule has 4 N–H and O–H groups in total. The summed E-state index contributed by atoms with van der Waals surface area (Å²) in [5.41, 5.74) is 3.25. The molecule has 1 heterocycles. The van der Waals surface area contributed by atoms with E-state index in [0.29, 0.717) is 18.7 Å². The molecule has 132 valence electrons. The summed E-state index contributed by atoms with van der Waals surface area (Å²) in [6.45, 7) is 0.680. The summed E-state index contributed by atoms with van der Waals surface area (Å²) in [5.74, 6) is 0.726. The number of amides is 1. The number of carbonyl (C=O) groups is 1. The van der Waals surface area contributed by atoms with Gasteiger partial charge in [0.1, 0.15) is 0 Å². The van der Waals surface area contributed by atoms with Crippen LogP contribution in [0.2, 0.25) is 0 Å². The van der Waals surface area contributed by atoms with E-state index < -0.39 is 0 Å². The summed E-state index contributed by atoms with van der Waals surface area (Å²) in [6.07, 6.45) is 6.31. The normalized spacial score (nSPS) is 9.92. The van der Waals surface area contributed by atoms with Gasteiger partial charge in [0.25, 0.3) is 5.91 Å². The van der Waals surface area contributed by atoms with Crippen molar-refractivity contribution in [2.75, 3.05) is 11.9 Å². The summed E-state index contributed by atoms with van der Waals surface area (Å²) in [4.78, 5) is 20.8. The molecule has 0 aliphatic rings. The Bertz CT molecular complexity index is 649. The third-order valence-electron chi connectivity index (χ3n) is 3.36. The van der Waals surface area contributed by atoms with Gasteiger partial charge < -0.3 is 15.5 Å². The van der Waals surface area contributed by atoms with Gasteiger partial charge in [-0.2, -0.15) is 5.48 Å². The summed E-state index contributed by atoms with van der Waals surface area (Å²) in [6, 6.07) is 12.7. The van der Waals surface area contributed by atoms with Gasteiger partial charge in [-0.15, -0.1) is 0 Å². The maximum atomic E-state index is 11.7. The Balaban J connectivity index is 1.47. The lowest BCUT2D eigenvalue weighted by atomic mass is 10.2. The van der Waals surface area contributed by atoms with E-state index in [2.05, 4.69) is 21.1 Å². The van der Waals surface area contributed by atoms with Gasteiger partial charge >= 0.3 is 0 Å². The number of unbranched alkanes of at least 4 members (excludes halogenated alkanes) is 2. The zero-order chi connectivity index (χ0) is 17.7. The summed E-state index contributed by atoms with van der Waals surface area (Å²) < 4.78 is 0. The molecular formula is C18H23N5O2. The first-order chi connectivity index (χ1) is 12.2. The van der Waals surface area contributed by atoms with Gasteiger partial charge in [0.05, 0.1) is 0 Å². The highest BCUT2D eigenvalue weighted by Crippen LogP contribution is 2.07. The van der Waals surface area contributed by atoms with E-state index in [1.165, 1.54) is 0 Å². The van der Waals surface area contributed by atoms with Crippen molar-refractivity contribution in [2.45, 2.75) is 25.7 Å². The van der Waals surface area contributed by atoms with Crippen molar-refractivity contribution in [2.24, 2.45) is 0 Å². The Kier molecular flexibility index (Phi) is 7.77. The fourth-order valence-electron chi connectivity index (χ4n) is 2.08. The van der Waals surface area contributed by atoms with Crippen LogP contribution < -0.4 is 21.0 Å². The Morgan fingerprint density at radius 3 is 2.56 bits per heavy atom. The molecule has 7 heteroatoms. The van der Waals surface area contributed by atoms with Crippen LogP contribution in [-0.2, 0) is 4.79 Å². The standard InChI is InChI=1S/C18H23N5O2/c19-18(22-15-10-13-20-14-11-15)21-12-6-2-5-9-17(24)23-25-16-7-3-1-4-8-16/h1,3-4,7-8,10-11,13-14H,2,5-6,9,12H2,(H,23,24)(H3,19,20,21,22). The predicted octanol–water partition coefficient (Wildman–Crippen LogP) is 2.69. The molecule has 1 aromatic carbocycles. The molecule has 0 aliphatic carbocycles. The second kappa shape index (κ2) is 10.6. The maximum absolute atomic E-state index is 11.7. The Morgan fingerprint density at radius 1 is 1.04 bits per heavy atom. The first-order valence-electron chi connectivity index (χ1n) is 8.24. The number of carbonyl (C=O) groups excluding carboxylic acids is 1. The van der Waals surface area contributed by atoms with Crippen LogP contribution in [0.1, 0.15) is 25.7 Å². The van der Waals surface area contributed by atoms with Gasteiger partial charge in [-0.05, 0) is 37.1 Å². The van der Waals surface area contributed by atoms with Gasteiger partial charge in [-0.1, -0.05) is 24.6 Å². The monoisotopic (exact) mass is 341 g/mol. The van der Waals surface area contributed by atoms with Crippen LogP contribution in [0.25, 0.3) is 0 Å². The van der Waals surface area contributed by atoms with Gasteiger partial charge in [0, 0.05) is 31.0 Å². The highest BCUT2D eigenvalue weighted by molar-refractivity contribution is 5.90. The molecular weight excluding hydrogens is 318 g/mol. The predicted molar refractivity (Wildman–Crippen MR) is 97.3 cm³/mol. The number of hydroxylamine groups is 1. The molecule has 0 saturated heterocycles. The quantitative estimate of drug-likeness (QED) is 0.243. The van der Waals surface area contributed by atoms with Crippen LogP contribution >= 0.6 is 0 Å². The van der Waals surface area contributed by atoms with Crippen LogP contribution in [-0.4, -0.2) is 23.4 Å². The molecule has 0 atom stereocenters. The first-order valence-corrected chi connectivity index (χ1v) is 8.24. The number of hydrogen-bond acceptors (Lipinski definition) is 4. The largest absolute Gasteiger partial charge is 0.380 e. The zero-order valence-electron chi connectivity index (χ0n) is 14.0. The van der Waals surface area contributed by atoms with E-state index in [0.717, 1.165) is 24.9 Å². The number of hydrogen-bond donors (Lipinski definition) is 4. The van der Waals surface area contributed by atoms with Crippen molar-refractivity contribution in [3.63, 3.8) is 0 Å². The van der Waals surface area contributed by atoms with E-state index in [4.69, 9.17) is 10.2 Å². The number of benzene rings is 1. The van der Waals surface area contributed by atoms with Gasteiger partial charge in [0.2, 0.25) is 0 Å². The number of rotatable bonds is 9. The van der Waals surface area contributed by atoms with E-state index in [1.807, 2.05) is 18.2 Å². The van der Waals surface area contributed by atoms with Gasteiger partial charge in [-0.3, -0.25) is 15.2 Å². The van der Waals surface area contributed by atoms with Crippen LogP contribution in [0, 0.1) is 5.41 Å². The third-order valence-corrected chi connectivity index (χ3v) is 3.36. The maximum Gasteiger partial charge on any atom is 0.252 e. The van der Waals surface area contributed by atoms with Crippen LogP contribution in [0.15, 0.2) is 54.9 Å². The summed E-state index contributed by atoms with van der Waals surface area (Å²) in [7, 11) is 0. The Hall–Kier alpha value is -3.09. The lowest BCUT2D eigenvalue weighted by Gasteiger charge is -2.10. The van der Waals surface area contributed by atoms with Crippen molar-refractivity contribution in [3.8, 4) is 5.75 Å². The molecule has 0 spiro atoms. The third kappa shape index (κ3) is 7.83. The van der Waals surface area contributed by atoms with Crippen molar-refractivity contribution < 1.29 is 9.63 Å². The minimum Gasteiger partial charge on any atom is -0.380 e. The molecule has 25 heavy (non-hydrogen) atoms. The SMILES string of the molecule is N=C(NCCCCCC(=O)NOc1ccccc1)Nc1ccncc1. The second-order valence-electron chi connectivity index (χ2n) is 5.41. The average Bonchev–Trinajstić information content (AvgIpc) is 2.64. The molecule has 0 unspecified atom stereocenters. The highest BCUT2D eigenvalue weighted by Gasteiger charge is 2.02. The van der Waals surface area contributed by atoms with Gasteiger partial charge in [0.15, 0.2) is 11.7 Å². The van der Waals surface area contributed by atoms with Crippen molar-refractivity contribution in [1.29, 1.82) is 5.41 Å². The van der Waals surface area contributed by atoms with Gasteiger partial charge in [-0.25, -0.2) is 0 Å². The fraction of sp³-hybridized carbons (Fsp3) is 0.278. The molecule has 2 aromatic rings. The number of guanidine groups is 1. The van der Waals surface area contributed by atoms with Crippen molar-refractivity contribution >= 4 is 17.6 Å². The molecule has 0 fully saturated rings. The number of aromatic nitrogens is 1. The van der Waals surface area contributed by atoms with Crippen LogP contribution in [0.5, 0.6) is 5.75 Å². The lowest BCUT2D eigenvalue weighted by Crippen LogP contribution is -2.30. The van der Waals surface area contributed by atoms with Crippen LogP contribution in [0.3, 0.4) is 0 Å². The first kappa shape index (κ1) is 18.3. The van der Waals surface area contributed by atoms with E-state index >= 15 is 0 Å². The minimum absolute atomic E-state index is 0.135. The number of nitrogens with zero attached hydrogens (tertiary/aromatic N) is 1. The molecule has 2 rings (SSSR count). The highest BCUT2D eigenvalue weighted by atomic mass is 16.7. The topological polar surface area (TPSA) is 99.1 Å². The minimum atomic E-state index is -0.135. The van der Waals surface area contributed by atoms with Crippen molar-refractivity contribution in [3.05, 3.63) is 54.9 Å². The van der Waals surface area contributed by atoms with E-state index in [1.54, 1.807) is 36.7 Å². The summed E-state index contributed by atoms with van der Waals surface area (Å²) >= 11 is 0. The number of nitrogens with one attached hydrogen (secondary N) is 4. The molecule has 1 aromatic heterocycles. The molecule has 7 nitrogen and oxygen atoms in total. The lowest BCUT2D eigenvalue weighted by molar-refractivity contribution is -0.127. The summed E-state index contributed by atoms with van der Waals surface area (Å²) in [5, 5.41) is 13.7. The van der Waals surface area contributed by atoms with Crippen LogP contribution in [0.4, 0.5) is 5.69 Å². The van der Waals surface area contributed by atoms with Crippen molar-refractivity contribution in [1.82, 2.24) is 15.8 Å². The molecule has 0 bridgehead atoms. The number of anilines is 1. The average molecular weight is 341 g/mol. The number of para-hydroxylation sites is 1. The Labute approximate surface area is 147 Å². The molecule has 1 amide bonds. The molecule has 0 aliphatic heterocycles. The van der Waals surface area contributed by atoms with E-state index in [9.17, 15) is 4.79 Å². The number of pyridine rings is 1. The van der Waals surface area contributed by atoms with E-state index in [-0.39, 0.29) is 11.9 Å². The molecule has 0 radical (unpaired) electrons. The second-order valence-corrected chi connectivity index (χ2v) is 5.41. The Morgan fingerprint density at radius 2 is 1.80 bits per heavy atom. The molecule has 0 saturated carbocycles. The smallest absolute Gasteiger partial charge is 0.252 e. The fourth-order valence-corrected chi connectivity index (χ4v) is 2.08. The zero-order valence-corrected chi connectivity index (χ0v) is 14.0.